The number of carboxylic acids is 1. The van der Waals surface area contributed by atoms with Crippen LogP contribution in [0.25, 0.3) is 0 Å². The van der Waals surface area contributed by atoms with Crippen molar-refractivity contribution in [1.82, 2.24) is 0 Å². The first-order chi connectivity index (χ1) is 12.9. The van der Waals surface area contributed by atoms with Crippen molar-refractivity contribution in [3.8, 4) is 0 Å². The zero-order chi connectivity index (χ0) is 20.9. The standard InChI is InChI=1S/C11H22O3.C10H20O3/c1-3-4-5-6-7-8-10(12)9-11(13)14-2;1-2-3-4-5-6-7-9(11)8-10(12)13/h10,12H,3-9H2,1-2H3;9,11H,2-8H2,1H3,(H,12,13)/t;9-/m.1/s1. The minimum Gasteiger partial charge on any atom is -0.481 e. The van der Waals surface area contributed by atoms with E-state index in [-0.39, 0.29) is 18.8 Å². The summed E-state index contributed by atoms with van der Waals surface area (Å²) in [4.78, 5) is 21.0. The number of aliphatic carboxylic acids is 1. The topological polar surface area (TPSA) is 104 Å². The summed E-state index contributed by atoms with van der Waals surface area (Å²) in [6.07, 6.45) is 11.7. The van der Waals surface area contributed by atoms with Crippen LogP contribution < -0.4 is 0 Å². The van der Waals surface area contributed by atoms with Gasteiger partial charge in [-0.05, 0) is 12.8 Å². The zero-order valence-electron chi connectivity index (χ0n) is 17.6. The van der Waals surface area contributed by atoms with Crippen molar-refractivity contribution in [1.29, 1.82) is 0 Å². The molecule has 0 saturated heterocycles. The normalized spacial score (nSPS) is 12.6. The molecule has 2 atom stereocenters. The Morgan fingerprint density at radius 3 is 1.52 bits per heavy atom. The summed E-state index contributed by atoms with van der Waals surface area (Å²) in [6.45, 7) is 4.32. The maximum atomic E-state index is 10.8. The molecule has 0 aromatic heterocycles. The van der Waals surface area contributed by atoms with Crippen molar-refractivity contribution >= 4 is 11.9 Å². The molecule has 0 amide bonds. The number of methoxy groups -OCH3 is 1. The first-order valence-electron chi connectivity index (χ1n) is 10.5. The second-order valence-electron chi connectivity index (χ2n) is 7.09. The molecule has 1 unspecified atom stereocenters. The molecule has 162 valence electrons. The molecule has 0 saturated carbocycles. The van der Waals surface area contributed by atoms with Gasteiger partial charge < -0.3 is 20.1 Å². The van der Waals surface area contributed by atoms with E-state index in [2.05, 4.69) is 18.6 Å². The number of carbonyl (C=O) groups excluding carboxylic acids is 1. The highest BCUT2D eigenvalue weighted by Crippen LogP contribution is 2.10. The van der Waals surface area contributed by atoms with Gasteiger partial charge >= 0.3 is 11.9 Å². The number of carboxylic acid groups (broad SMARTS) is 1. The molecule has 3 N–H and O–H groups in total. The molecule has 27 heavy (non-hydrogen) atoms. The van der Waals surface area contributed by atoms with Crippen LogP contribution in [-0.4, -0.2) is 46.6 Å². The minimum absolute atomic E-state index is 0.117. The number of aliphatic hydroxyl groups excluding tert-OH is 2. The van der Waals surface area contributed by atoms with Gasteiger partial charge in [0.2, 0.25) is 0 Å². The van der Waals surface area contributed by atoms with Gasteiger partial charge in [-0.1, -0.05) is 78.1 Å². The van der Waals surface area contributed by atoms with Crippen molar-refractivity contribution in [2.75, 3.05) is 7.11 Å². The number of hydrogen-bond acceptors (Lipinski definition) is 5. The summed E-state index contributed by atoms with van der Waals surface area (Å²) in [5, 5.41) is 27.0. The van der Waals surface area contributed by atoms with E-state index in [1.165, 1.54) is 45.6 Å². The molecule has 0 spiro atoms. The van der Waals surface area contributed by atoms with Gasteiger partial charge in [-0.3, -0.25) is 9.59 Å². The van der Waals surface area contributed by atoms with Crippen LogP contribution in [0, 0.1) is 0 Å². The van der Waals surface area contributed by atoms with Crippen LogP contribution >= 0.6 is 0 Å². The first kappa shape index (κ1) is 28.1. The van der Waals surface area contributed by atoms with Crippen LogP contribution in [-0.2, 0) is 14.3 Å². The SMILES string of the molecule is CCCCCCCC(O)CC(=O)OC.CCCCCCC[C@@H](O)CC(=O)O. The summed E-state index contributed by atoms with van der Waals surface area (Å²) in [7, 11) is 1.34. The summed E-state index contributed by atoms with van der Waals surface area (Å²) >= 11 is 0. The molecule has 0 heterocycles. The fraction of sp³-hybridized carbons (Fsp3) is 0.905. The average molecular weight is 391 g/mol. The van der Waals surface area contributed by atoms with Crippen LogP contribution in [0.4, 0.5) is 0 Å². The summed E-state index contributed by atoms with van der Waals surface area (Å²) in [6, 6.07) is 0. The van der Waals surface area contributed by atoms with Crippen LogP contribution in [0.3, 0.4) is 0 Å². The maximum Gasteiger partial charge on any atom is 0.308 e. The van der Waals surface area contributed by atoms with E-state index in [4.69, 9.17) is 5.11 Å². The Hall–Kier alpha value is -1.14. The Kier molecular flexibility index (Phi) is 22.0. The van der Waals surface area contributed by atoms with Gasteiger partial charge in [0.15, 0.2) is 0 Å². The fourth-order valence-corrected chi connectivity index (χ4v) is 2.65. The second kappa shape index (κ2) is 21.2. The highest BCUT2D eigenvalue weighted by Gasteiger charge is 2.10. The van der Waals surface area contributed by atoms with Crippen LogP contribution in [0.1, 0.15) is 104 Å². The molecule has 0 fully saturated rings. The predicted molar refractivity (Wildman–Crippen MR) is 108 cm³/mol. The molecule has 6 heteroatoms. The number of rotatable bonds is 16. The van der Waals surface area contributed by atoms with E-state index < -0.39 is 18.2 Å². The second-order valence-corrected chi connectivity index (χ2v) is 7.09. The lowest BCUT2D eigenvalue weighted by atomic mass is 10.1. The van der Waals surface area contributed by atoms with Crippen molar-refractivity contribution in [3.63, 3.8) is 0 Å². The van der Waals surface area contributed by atoms with Gasteiger partial charge in [0.05, 0.1) is 32.2 Å². The number of aliphatic hydroxyl groups is 2. The van der Waals surface area contributed by atoms with E-state index in [1.807, 2.05) is 0 Å². The third-order valence-electron chi connectivity index (χ3n) is 4.32. The molecule has 0 aliphatic carbocycles. The summed E-state index contributed by atoms with van der Waals surface area (Å²) in [5.74, 6) is -1.24. The Bertz CT molecular complexity index is 346. The highest BCUT2D eigenvalue weighted by molar-refractivity contribution is 5.69. The molecule has 6 nitrogen and oxygen atoms in total. The van der Waals surface area contributed by atoms with Gasteiger partial charge in [0, 0.05) is 0 Å². The Morgan fingerprint density at radius 2 is 1.15 bits per heavy atom. The molecule has 0 aliphatic rings. The molecular weight excluding hydrogens is 348 g/mol. The Morgan fingerprint density at radius 1 is 0.741 bits per heavy atom. The van der Waals surface area contributed by atoms with E-state index in [1.54, 1.807) is 0 Å². The summed E-state index contributed by atoms with van der Waals surface area (Å²) < 4.78 is 4.47. The lowest BCUT2D eigenvalue weighted by Gasteiger charge is -2.08. The minimum atomic E-state index is -0.916. The number of ether oxygens (including phenoxy) is 1. The van der Waals surface area contributed by atoms with Gasteiger partial charge in [0.1, 0.15) is 0 Å². The lowest BCUT2D eigenvalue weighted by molar-refractivity contribution is -0.143. The Labute approximate surface area is 165 Å². The third kappa shape index (κ3) is 24.9. The molecule has 0 aliphatic heterocycles. The number of hydrogen-bond donors (Lipinski definition) is 3. The largest absolute Gasteiger partial charge is 0.481 e. The van der Waals surface area contributed by atoms with E-state index in [0.717, 1.165) is 25.7 Å². The van der Waals surface area contributed by atoms with Gasteiger partial charge in [-0.25, -0.2) is 0 Å². The van der Waals surface area contributed by atoms with Crippen molar-refractivity contribution in [2.45, 2.75) is 116 Å². The Balaban J connectivity index is 0. The molecular formula is C21H42O6. The van der Waals surface area contributed by atoms with E-state index in [9.17, 15) is 19.8 Å². The zero-order valence-corrected chi connectivity index (χ0v) is 17.6. The first-order valence-corrected chi connectivity index (χ1v) is 10.5. The number of unbranched alkanes of at least 4 members (excludes halogenated alkanes) is 8. The molecule has 0 aromatic rings. The van der Waals surface area contributed by atoms with Gasteiger partial charge in [0.25, 0.3) is 0 Å². The van der Waals surface area contributed by atoms with Crippen molar-refractivity contribution in [3.05, 3.63) is 0 Å². The molecule has 0 rings (SSSR count). The number of carbonyl (C=O) groups is 2. The number of esters is 1. The smallest absolute Gasteiger partial charge is 0.308 e. The van der Waals surface area contributed by atoms with E-state index >= 15 is 0 Å². The van der Waals surface area contributed by atoms with Gasteiger partial charge in [-0.2, -0.15) is 0 Å². The lowest BCUT2D eigenvalue weighted by Crippen LogP contribution is -2.14. The van der Waals surface area contributed by atoms with Crippen molar-refractivity contribution < 1.29 is 29.6 Å². The predicted octanol–water partition coefficient (Wildman–Crippen LogP) is 4.45. The quantitative estimate of drug-likeness (QED) is 0.266. The van der Waals surface area contributed by atoms with Crippen molar-refractivity contribution in [2.24, 2.45) is 0 Å². The van der Waals surface area contributed by atoms with Crippen LogP contribution in [0.5, 0.6) is 0 Å². The molecule has 0 bridgehead atoms. The van der Waals surface area contributed by atoms with Crippen LogP contribution in [0.15, 0.2) is 0 Å². The third-order valence-corrected chi connectivity index (χ3v) is 4.32. The summed E-state index contributed by atoms with van der Waals surface area (Å²) in [5.41, 5.74) is 0. The maximum absolute atomic E-state index is 10.8. The van der Waals surface area contributed by atoms with Gasteiger partial charge in [-0.15, -0.1) is 0 Å². The van der Waals surface area contributed by atoms with Crippen LogP contribution in [0.2, 0.25) is 0 Å². The average Bonchev–Trinajstić information content (AvgIpc) is 2.61. The monoisotopic (exact) mass is 390 g/mol. The molecule has 0 radical (unpaired) electrons. The fourth-order valence-electron chi connectivity index (χ4n) is 2.65. The molecule has 0 aromatic carbocycles. The highest BCUT2D eigenvalue weighted by atomic mass is 16.5. The van der Waals surface area contributed by atoms with E-state index in [0.29, 0.717) is 12.8 Å².